The van der Waals surface area contributed by atoms with Gasteiger partial charge in [0.15, 0.2) is 0 Å². The molecule has 1 aromatic rings. The molecule has 0 aromatic heterocycles. The van der Waals surface area contributed by atoms with E-state index in [-0.39, 0.29) is 0 Å². The molecular weight excluding hydrogens is 256 g/mol. The molecule has 0 fully saturated rings. The maximum atomic E-state index is 8.29. The quantitative estimate of drug-likeness (QED) is 0.724. The van der Waals surface area contributed by atoms with Crippen molar-refractivity contribution in [1.82, 2.24) is 0 Å². The van der Waals surface area contributed by atoms with Crippen LogP contribution in [0.25, 0.3) is 0 Å². The van der Waals surface area contributed by atoms with Crippen LogP contribution in [0.2, 0.25) is 0 Å². The average molecular weight is 278 g/mol. The van der Waals surface area contributed by atoms with E-state index in [0.29, 0.717) is 5.92 Å². The Balaban J connectivity index is 0.000000550. The van der Waals surface area contributed by atoms with Crippen molar-refractivity contribution >= 4 is 11.6 Å². The SMILES string of the molecule is CC1=C[C@H](c2ccccc2)[C@H](C)[C@@H](C)CC1.O=S=O. The van der Waals surface area contributed by atoms with Crippen LogP contribution >= 0.6 is 0 Å². The smallest absolute Gasteiger partial charge is 0.168 e. The van der Waals surface area contributed by atoms with E-state index in [1.54, 1.807) is 5.57 Å². The van der Waals surface area contributed by atoms with Gasteiger partial charge in [0.05, 0.1) is 0 Å². The molecule has 0 aliphatic heterocycles. The molecule has 3 atom stereocenters. The zero-order valence-electron chi connectivity index (χ0n) is 11.8. The van der Waals surface area contributed by atoms with Gasteiger partial charge in [-0.3, -0.25) is 0 Å². The number of hydrogen-bond acceptors (Lipinski definition) is 2. The molecule has 1 aliphatic carbocycles. The van der Waals surface area contributed by atoms with Crippen LogP contribution in [0.1, 0.15) is 45.1 Å². The third kappa shape index (κ3) is 4.75. The maximum absolute atomic E-state index is 8.29. The second-order valence-corrected chi connectivity index (χ2v) is 5.53. The Morgan fingerprint density at radius 1 is 1.11 bits per heavy atom. The Kier molecular flexibility index (Phi) is 6.71. The fourth-order valence-corrected chi connectivity index (χ4v) is 2.69. The Hall–Kier alpha value is -1.22. The van der Waals surface area contributed by atoms with E-state index in [1.807, 2.05) is 0 Å². The first-order valence-corrected chi connectivity index (χ1v) is 7.40. The molecular formula is C16H22O2S. The highest BCUT2D eigenvalue weighted by atomic mass is 32.1. The first-order chi connectivity index (χ1) is 9.10. The fraction of sp³-hybridized carbons (Fsp3) is 0.500. The van der Waals surface area contributed by atoms with E-state index >= 15 is 0 Å². The molecule has 0 unspecified atom stereocenters. The minimum absolute atomic E-state index is 0.610. The molecule has 0 bridgehead atoms. The Morgan fingerprint density at radius 2 is 1.68 bits per heavy atom. The lowest BCUT2D eigenvalue weighted by Gasteiger charge is -2.25. The highest BCUT2D eigenvalue weighted by Gasteiger charge is 2.24. The van der Waals surface area contributed by atoms with Crippen LogP contribution in [0.5, 0.6) is 0 Å². The standard InChI is InChI=1S/C16H22.O2S/c1-12-9-10-13(2)14(3)16(11-12)15-7-5-4-6-8-15;1-3-2/h4-8,11,13-14,16H,9-10H2,1-3H3;/t13-,14+,16-;/m0./s1. The largest absolute Gasteiger partial charge is 0.335 e. The minimum atomic E-state index is -0.750. The van der Waals surface area contributed by atoms with Crippen molar-refractivity contribution < 1.29 is 8.42 Å². The Morgan fingerprint density at radius 3 is 2.26 bits per heavy atom. The van der Waals surface area contributed by atoms with Gasteiger partial charge >= 0.3 is 11.6 Å². The lowest BCUT2D eigenvalue weighted by Crippen LogP contribution is -2.14. The summed E-state index contributed by atoms with van der Waals surface area (Å²) in [5, 5.41) is 0. The minimum Gasteiger partial charge on any atom is -0.168 e. The van der Waals surface area contributed by atoms with Crippen LogP contribution in [-0.2, 0) is 11.6 Å². The number of hydrogen-bond donors (Lipinski definition) is 0. The van der Waals surface area contributed by atoms with E-state index in [0.717, 1.165) is 11.8 Å². The predicted molar refractivity (Wildman–Crippen MR) is 79.4 cm³/mol. The summed E-state index contributed by atoms with van der Waals surface area (Å²) < 4.78 is 16.6. The molecule has 0 amide bonds. The molecule has 3 heteroatoms. The predicted octanol–water partition coefficient (Wildman–Crippen LogP) is 4.11. The van der Waals surface area contributed by atoms with E-state index in [1.165, 1.54) is 18.4 Å². The van der Waals surface area contributed by atoms with Crippen molar-refractivity contribution in [1.29, 1.82) is 0 Å². The topological polar surface area (TPSA) is 34.1 Å². The van der Waals surface area contributed by atoms with Gasteiger partial charge in [-0.25, -0.2) is 0 Å². The summed E-state index contributed by atoms with van der Waals surface area (Å²) in [5.41, 5.74) is 3.04. The van der Waals surface area contributed by atoms with Gasteiger partial charge in [-0.1, -0.05) is 55.8 Å². The monoisotopic (exact) mass is 278 g/mol. The van der Waals surface area contributed by atoms with Crippen LogP contribution in [0, 0.1) is 11.8 Å². The number of benzene rings is 1. The van der Waals surface area contributed by atoms with Crippen molar-refractivity contribution in [3.8, 4) is 0 Å². The molecule has 2 rings (SSSR count). The Bertz CT molecular complexity index is 447. The molecule has 0 heterocycles. The molecule has 19 heavy (non-hydrogen) atoms. The summed E-state index contributed by atoms with van der Waals surface area (Å²) in [5.74, 6) is 2.18. The second kappa shape index (κ2) is 8.05. The van der Waals surface area contributed by atoms with Crippen LogP contribution < -0.4 is 0 Å². The molecule has 0 saturated carbocycles. The molecule has 0 saturated heterocycles. The van der Waals surface area contributed by atoms with Gasteiger partial charge in [-0.05, 0) is 37.2 Å². The van der Waals surface area contributed by atoms with Gasteiger partial charge in [-0.15, -0.1) is 0 Å². The fourth-order valence-electron chi connectivity index (χ4n) is 2.69. The third-order valence-corrected chi connectivity index (χ3v) is 4.11. The maximum Gasteiger partial charge on any atom is 0.335 e. The van der Waals surface area contributed by atoms with Gasteiger partial charge in [0, 0.05) is 5.92 Å². The van der Waals surface area contributed by atoms with E-state index in [2.05, 4.69) is 57.2 Å². The summed E-state index contributed by atoms with van der Waals surface area (Å²) in [6.45, 7) is 7.07. The van der Waals surface area contributed by atoms with Crippen molar-refractivity contribution in [2.24, 2.45) is 11.8 Å². The van der Waals surface area contributed by atoms with Crippen LogP contribution in [0.4, 0.5) is 0 Å². The summed E-state index contributed by atoms with van der Waals surface area (Å²) in [6, 6.07) is 10.9. The molecule has 0 radical (unpaired) electrons. The van der Waals surface area contributed by atoms with E-state index < -0.39 is 11.6 Å². The zero-order chi connectivity index (χ0) is 14.3. The summed E-state index contributed by atoms with van der Waals surface area (Å²) in [4.78, 5) is 0. The van der Waals surface area contributed by atoms with Crippen molar-refractivity contribution in [3.05, 3.63) is 47.5 Å². The molecule has 1 aliphatic rings. The van der Waals surface area contributed by atoms with Crippen molar-refractivity contribution in [2.45, 2.75) is 39.5 Å². The van der Waals surface area contributed by atoms with E-state index in [4.69, 9.17) is 8.42 Å². The van der Waals surface area contributed by atoms with Gasteiger partial charge in [-0.2, -0.15) is 8.42 Å². The first-order valence-electron chi connectivity index (χ1n) is 6.74. The van der Waals surface area contributed by atoms with Crippen molar-refractivity contribution in [3.63, 3.8) is 0 Å². The van der Waals surface area contributed by atoms with Gasteiger partial charge in [0.1, 0.15) is 0 Å². The summed E-state index contributed by atoms with van der Waals surface area (Å²) in [6.07, 6.45) is 5.10. The van der Waals surface area contributed by atoms with Gasteiger partial charge in [0.25, 0.3) is 0 Å². The summed E-state index contributed by atoms with van der Waals surface area (Å²) >= 11 is -0.750. The molecule has 0 N–H and O–H groups in total. The molecule has 104 valence electrons. The number of rotatable bonds is 1. The van der Waals surface area contributed by atoms with Gasteiger partial charge < -0.3 is 0 Å². The van der Waals surface area contributed by atoms with Crippen LogP contribution in [-0.4, -0.2) is 8.42 Å². The van der Waals surface area contributed by atoms with E-state index in [9.17, 15) is 0 Å². The molecule has 1 aromatic carbocycles. The van der Waals surface area contributed by atoms with Gasteiger partial charge in [0.2, 0.25) is 0 Å². The van der Waals surface area contributed by atoms with Crippen molar-refractivity contribution in [2.75, 3.05) is 0 Å². The highest BCUT2D eigenvalue weighted by Crippen LogP contribution is 2.37. The second-order valence-electron chi connectivity index (χ2n) is 5.39. The summed E-state index contributed by atoms with van der Waals surface area (Å²) in [7, 11) is 0. The average Bonchev–Trinajstić information content (AvgIpc) is 2.54. The number of allylic oxidation sites excluding steroid dienone is 2. The van der Waals surface area contributed by atoms with Crippen LogP contribution in [0.3, 0.4) is 0 Å². The third-order valence-electron chi connectivity index (χ3n) is 4.11. The Labute approximate surface area is 119 Å². The lowest BCUT2D eigenvalue weighted by molar-refractivity contribution is 0.347. The highest BCUT2D eigenvalue weighted by molar-refractivity contribution is 7.51. The lowest BCUT2D eigenvalue weighted by atomic mass is 9.80. The molecule has 0 spiro atoms. The molecule has 2 nitrogen and oxygen atoms in total. The zero-order valence-corrected chi connectivity index (χ0v) is 12.7. The van der Waals surface area contributed by atoms with Crippen LogP contribution in [0.15, 0.2) is 42.0 Å². The normalized spacial score (nSPS) is 26.5. The first kappa shape index (κ1) is 15.8.